The summed E-state index contributed by atoms with van der Waals surface area (Å²) < 4.78 is 15.5. The number of benzene rings is 2. The summed E-state index contributed by atoms with van der Waals surface area (Å²) in [5.74, 6) is 1.85. The molecule has 1 N–H and O–H groups in total. The van der Waals surface area contributed by atoms with E-state index in [-0.39, 0.29) is 5.78 Å². The summed E-state index contributed by atoms with van der Waals surface area (Å²) >= 11 is 0. The van der Waals surface area contributed by atoms with Crippen molar-refractivity contribution in [1.29, 1.82) is 0 Å². The van der Waals surface area contributed by atoms with Crippen LogP contribution in [0, 0.1) is 0 Å². The molecule has 120 valence electrons. The van der Waals surface area contributed by atoms with Crippen LogP contribution in [0.4, 0.5) is 5.69 Å². The summed E-state index contributed by atoms with van der Waals surface area (Å²) in [7, 11) is 4.73. The Morgan fingerprint density at radius 2 is 1.70 bits per heavy atom. The quantitative estimate of drug-likeness (QED) is 0.626. The maximum Gasteiger partial charge on any atom is 0.187 e. The van der Waals surface area contributed by atoms with Crippen molar-refractivity contribution in [2.24, 2.45) is 0 Å². The van der Waals surface area contributed by atoms with Crippen molar-refractivity contribution >= 4 is 11.5 Å². The Bertz CT molecular complexity index is 710. The normalized spacial score (nSPS) is 10.4. The smallest absolute Gasteiger partial charge is 0.187 e. The fourth-order valence-electron chi connectivity index (χ4n) is 2.00. The molecule has 0 aliphatic rings. The molecular weight excluding hydrogens is 294 g/mol. The van der Waals surface area contributed by atoms with Crippen LogP contribution in [0.1, 0.15) is 10.4 Å². The molecule has 0 spiro atoms. The Kier molecular flexibility index (Phi) is 5.63. The Balaban J connectivity index is 2.07. The zero-order valence-corrected chi connectivity index (χ0v) is 13.3. The zero-order chi connectivity index (χ0) is 16.7. The molecule has 0 radical (unpaired) electrons. The van der Waals surface area contributed by atoms with E-state index in [1.807, 2.05) is 12.1 Å². The fraction of sp³-hybridized carbons (Fsp3) is 0.167. The lowest BCUT2D eigenvalue weighted by Crippen LogP contribution is -1.98. The van der Waals surface area contributed by atoms with Gasteiger partial charge in [0.2, 0.25) is 0 Å². The maximum atomic E-state index is 12.1. The van der Waals surface area contributed by atoms with Crippen LogP contribution < -0.4 is 19.5 Å². The largest absolute Gasteiger partial charge is 0.497 e. The van der Waals surface area contributed by atoms with E-state index in [1.165, 1.54) is 6.08 Å². The third kappa shape index (κ3) is 4.26. The SMILES string of the molecule is COc1cccc(C(=O)/C=C\Nc2ccc(OC)cc2OC)c1. The first-order valence-corrected chi connectivity index (χ1v) is 7.01. The van der Waals surface area contributed by atoms with E-state index in [2.05, 4.69) is 5.32 Å². The number of rotatable bonds is 7. The van der Waals surface area contributed by atoms with Gasteiger partial charge < -0.3 is 19.5 Å². The summed E-state index contributed by atoms with van der Waals surface area (Å²) in [4.78, 5) is 12.1. The highest BCUT2D eigenvalue weighted by Crippen LogP contribution is 2.28. The Labute approximate surface area is 135 Å². The van der Waals surface area contributed by atoms with Gasteiger partial charge in [-0.1, -0.05) is 12.1 Å². The first-order chi connectivity index (χ1) is 11.2. The molecule has 23 heavy (non-hydrogen) atoms. The molecule has 0 unspecified atom stereocenters. The van der Waals surface area contributed by atoms with Gasteiger partial charge in [0.05, 0.1) is 27.0 Å². The van der Waals surface area contributed by atoms with Crippen LogP contribution in [-0.2, 0) is 0 Å². The summed E-state index contributed by atoms with van der Waals surface area (Å²) in [6.45, 7) is 0. The Hall–Kier alpha value is -2.95. The predicted molar refractivity (Wildman–Crippen MR) is 89.6 cm³/mol. The molecule has 0 bridgehead atoms. The zero-order valence-electron chi connectivity index (χ0n) is 13.3. The molecule has 0 saturated carbocycles. The fourth-order valence-corrected chi connectivity index (χ4v) is 2.00. The molecule has 0 aliphatic heterocycles. The van der Waals surface area contributed by atoms with E-state index in [4.69, 9.17) is 14.2 Å². The van der Waals surface area contributed by atoms with E-state index in [9.17, 15) is 4.79 Å². The summed E-state index contributed by atoms with van der Waals surface area (Å²) in [5, 5.41) is 3.03. The van der Waals surface area contributed by atoms with E-state index in [1.54, 1.807) is 57.9 Å². The van der Waals surface area contributed by atoms with E-state index < -0.39 is 0 Å². The van der Waals surface area contributed by atoms with Gasteiger partial charge in [-0.25, -0.2) is 0 Å². The molecule has 0 atom stereocenters. The van der Waals surface area contributed by atoms with Crippen molar-refractivity contribution in [2.75, 3.05) is 26.6 Å². The highest BCUT2D eigenvalue weighted by molar-refractivity contribution is 6.04. The second kappa shape index (κ2) is 7.89. The van der Waals surface area contributed by atoms with Crippen molar-refractivity contribution in [3.8, 4) is 17.2 Å². The molecule has 0 fully saturated rings. The second-order valence-electron chi connectivity index (χ2n) is 4.64. The lowest BCUT2D eigenvalue weighted by atomic mass is 10.1. The monoisotopic (exact) mass is 313 g/mol. The van der Waals surface area contributed by atoms with Gasteiger partial charge in [0, 0.05) is 23.9 Å². The number of allylic oxidation sites excluding steroid dienone is 1. The van der Waals surface area contributed by atoms with Crippen molar-refractivity contribution in [3.63, 3.8) is 0 Å². The molecule has 2 aromatic rings. The first-order valence-electron chi connectivity index (χ1n) is 7.01. The van der Waals surface area contributed by atoms with Crippen LogP contribution >= 0.6 is 0 Å². The topological polar surface area (TPSA) is 56.8 Å². The number of carbonyl (C=O) groups excluding carboxylic acids is 1. The van der Waals surface area contributed by atoms with Gasteiger partial charge in [0.25, 0.3) is 0 Å². The number of nitrogens with one attached hydrogen (secondary N) is 1. The van der Waals surface area contributed by atoms with Crippen LogP contribution in [0.25, 0.3) is 0 Å². The highest BCUT2D eigenvalue weighted by atomic mass is 16.5. The second-order valence-corrected chi connectivity index (χ2v) is 4.64. The number of anilines is 1. The van der Waals surface area contributed by atoms with Crippen molar-refractivity contribution in [3.05, 3.63) is 60.3 Å². The van der Waals surface area contributed by atoms with Gasteiger partial charge in [-0.05, 0) is 24.3 Å². The molecule has 0 saturated heterocycles. The van der Waals surface area contributed by atoms with Gasteiger partial charge >= 0.3 is 0 Å². The molecule has 0 amide bonds. The summed E-state index contributed by atoms with van der Waals surface area (Å²) in [6.07, 6.45) is 3.03. The standard InChI is InChI=1S/C18H19NO4/c1-21-14-6-4-5-13(11-14)17(20)9-10-19-16-8-7-15(22-2)12-18(16)23-3/h4-12,19H,1-3H3/b10-9-. The van der Waals surface area contributed by atoms with Crippen LogP contribution in [0.5, 0.6) is 17.2 Å². The van der Waals surface area contributed by atoms with Crippen molar-refractivity contribution in [1.82, 2.24) is 0 Å². The molecule has 0 aromatic heterocycles. The highest BCUT2D eigenvalue weighted by Gasteiger charge is 2.05. The van der Waals surface area contributed by atoms with Crippen LogP contribution in [0.2, 0.25) is 0 Å². The lowest BCUT2D eigenvalue weighted by Gasteiger charge is -2.09. The maximum absolute atomic E-state index is 12.1. The molecule has 0 aliphatic carbocycles. The number of hydrogen-bond acceptors (Lipinski definition) is 5. The molecule has 2 rings (SSSR count). The number of ketones is 1. The summed E-state index contributed by atoms with van der Waals surface area (Å²) in [6, 6.07) is 12.4. The molecule has 5 heteroatoms. The minimum absolute atomic E-state index is 0.121. The minimum Gasteiger partial charge on any atom is -0.497 e. The first kappa shape index (κ1) is 16.4. The van der Waals surface area contributed by atoms with Crippen LogP contribution in [0.3, 0.4) is 0 Å². The van der Waals surface area contributed by atoms with Gasteiger partial charge in [-0.3, -0.25) is 4.79 Å². The number of carbonyl (C=O) groups is 1. The summed E-state index contributed by atoms with van der Waals surface area (Å²) in [5.41, 5.74) is 1.30. The molecule has 2 aromatic carbocycles. The average Bonchev–Trinajstić information content (AvgIpc) is 2.61. The van der Waals surface area contributed by atoms with Crippen molar-refractivity contribution in [2.45, 2.75) is 0 Å². The van der Waals surface area contributed by atoms with Gasteiger partial charge in [-0.15, -0.1) is 0 Å². The third-order valence-corrected chi connectivity index (χ3v) is 3.24. The predicted octanol–water partition coefficient (Wildman–Crippen LogP) is 3.52. The van der Waals surface area contributed by atoms with Gasteiger partial charge in [-0.2, -0.15) is 0 Å². The van der Waals surface area contributed by atoms with Crippen LogP contribution in [0.15, 0.2) is 54.7 Å². The Morgan fingerprint density at radius 1 is 0.957 bits per heavy atom. The number of ether oxygens (including phenoxy) is 3. The molecule has 0 heterocycles. The van der Waals surface area contributed by atoms with E-state index >= 15 is 0 Å². The van der Waals surface area contributed by atoms with Gasteiger partial charge in [0.1, 0.15) is 17.2 Å². The Morgan fingerprint density at radius 3 is 2.39 bits per heavy atom. The van der Waals surface area contributed by atoms with E-state index in [0.717, 1.165) is 5.69 Å². The molecule has 5 nitrogen and oxygen atoms in total. The lowest BCUT2D eigenvalue weighted by molar-refractivity contribution is 0.104. The van der Waals surface area contributed by atoms with Crippen LogP contribution in [-0.4, -0.2) is 27.1 Å². The number of hydrogen-bond donors (Lipinski definition) is 1. The molecular formula is C18H19NO4. The average molecular weight is 313 g/mol. The van der Waals surface area contributed by atoms with E-state index in [0.29, 0.717) is 22.8 Å². The van der Waals surface area contributed by atoms with Gasteiger partial charge in [0.15, 0.2) is 5.78 Å². The van der Waals surface area contributed by atoms with Crippen molar-refractivity contribution < 1.29 is 19.0 Å². The number of methoxy groups -OCH3 is 3. The minimum atomic E-state index is -0.121. The third-order valence-electron chi connectivity index (χ3n) is 3.24.